The highest BCUT2D eigenvalue weighted by atomic mass is 127. The summed E-state index contributed by atoms with van der Waals surface area (Å²) in [6.45, 7) is 2.65. The lowest BCUT2D eigenvalue weighted by molar-refractivity contribution is 0.413. The molecule has 3 rings (SSSR count). The number of imidazole rings is 1. The predicted octanol–water partition coefficient (Wildman–Crippen LogP) is 2.76. The van der Waals surface area contributed by atoms with Gasteiger partial charge in [-0.05, 0) is 19.3 Å². The zero-order valence-electron chi connectivity index (χ0n) is 14.6. The van der Waals surface area contributed by atoms with Gasteiger partial charge in [0, 0.05) is 52.7 Å². The molecule has 1 fully saturated rings. The normalized spacial score (nSPS) is 22.4. The van der Waals surface area contributed by atoms with Gasteiger partial charge in [0.05, 0.1) is 12.2 Å². The van der Waals surface area contributed by atoms with Crippen LogP contribution in [0.25, 0.3) is 4.96 Å². The van der Waals surface area contributed by atoms with E-state index in [1.54, 1.807) is 18.4 Å². The molecule has 2 aromatic rings. The Hall–Kier alpha value is -0.680. The number of guanidine groups is 1. The largest absolute Gasteiger partial charge is 0.354 e. The summed E-state index contributed by atoms with van der Waals surface area (Å²) < 4.78 is 14.1. The SMILES string of the molecule is CCS(=O)C1CCCC(NC(=NC)NCc2cn3ccsc3n2)C1.I. The Morgan fingerprint density at radius 2 is 2.36 bits per heavy atom. The summed E-state index contributed by atoms with van der Waals surface area (Å²) >= 11 is 1.63. The number of nitrogens with one attached hydrogen (secondary N) is 2. The molecule has 2 heterocycles. The Bertz CT molecular complexity index is 701. The van der Waals surface area contributed by atoms with E-state index in [2.05, 4.69) is 20.6 Å². The molecule has 0 aromatic carbocycles. The molecule has 140 valence electrons. The van der Waals surface area contributed by atoms with Crippen molar-refractivity contribution in [3.8, 4) is 0 Å². The van der Waals surface area contributed by atoms with Gasteiger partial charge in [0.1, 0.15) is 0 Å². The summed E-state index contributed by atoms with van der Waals surface area (Å²) in [6, 6.07) is 0.343. The van der Waals surface area contributed by atoms with Crippen molar-refractivity contribution in [2.45, 2.75) is 50.4 Å². The van der Waals surface area contributed by atoms with Crippen molar-refractivity contribution >= 4 is 57.0 Å². The van der Waals surface area contributed by atoms with Crippen LogP contribution in [0.4, 0.5) is 0 Å². The van der Waals surface area contributed by atoms with Crippen molar-refractivity contribution in [2.24, 2.45) is 4.99 Å². The van der Waals surface area contributed by atoms with Crippen LogP contribution in [0.5, 0.6) is 0 Å². The molecule has 0 amide bonds. The maximum absolute atomic E-state index is 12.1. The first-order valence-corrected chi connectivity index (χ1v) is 10.7. The molecule has 0 aliphatic heterocycles. The van der Waals surface area contributed by atoms with Gasteiger partial charge in [-0.1, -0.05) is 13.3 Å². The van der Waals surface area contributed by atoms with E-state index in [0.717, 1.165) is 48.1 Å². The van der Waals surface area contributed by atoms with Crippen molar-refractivity contribution in [2.75, 3.05) is 12.8 Å². The minimum Gasteiger partial charge on any atom is -0.354 e. The van der Waals surface area contributed by atoms with Crippen LogP contribution in [-0.4, -0.2) is 43.6 Å². The van der Waals surface area contributed by atoms with Crippen LogP contribution in [0, 0.1) is 0 Å². The van der Waals surface area contributed by atoms with E-state index in [9.17, 15) is 4.21 Å². The fourth-order valence-corrected chi connectivity index (χ4v) is 5.24. The zero-order valence-corrected chi connectivity index (χ0v) is 18.6. The van der Waals surface area contributed by atoms with Crippen molar-refractivity contribution in [3.05, 3.63) is 23.5 Å². The van der Waals surface area contributed by atoms with Gasteiger partial charge < -0.3 is 10.6 Å². The summed E-state index contributed by atoms with van der Waals surface area (Å²) in [5.74, 6) is 1.54. The number of aromatic nitrogens is 2. The van der Waals surface area contributed by atoms with E-state index < -0.39 is 10.8 Å². The predicted molar refractivity (Wildman–Crippen MR) is 117 cm³/mol. The topological polar surface area (TPSA) is 70.8 Å². The third-order valence-corrected chi connectivity index (χ3v) is 6.94. The Kier molecular flexibility index (Phi) is 8.14. The fraction of sp³-hybridized carbons (Fsp3) is 0.625. The van der Waals surface area contributed by atoms with E-state index >= 15 is 0 Å². The molecule has 1 saturated carbocycles. The molecule has 3 atom stereocenters. The molecule has 2 N–H and O–H groups in total. The van der Waals surface area contributed by atoms with Gasteiger partial charge in [0.15, 0.2) is 10.9 Å². The number of aliphatic imine (C=N–C) groups is 1. The molecular formula is C16H26IN5OS2. The van der Waals surface area contributed by atoms with Gasteiger partial charge in [-0.3, -0.25) is 13.6 Å². The van der Waals surface area contributed by atoms with Crippen LogP contribution >= 0.6 is 35.3 Å². The fourth-order valence-electron chi connectivity index (χ4n) is 3.17. The van der Waals surface area contributed by atoms with Crippen LogP contribution in [0.15, 0.2) is 22.8 Å². The highest BCUT2D eigenvalue weighted by Gasteiger charge is 2.26. The second-order valence-electron chi connectivity index (χ2n) is 6.05. The molecule has 0 radical (unpaired) electrons. The van der Waals surface area contributed by atoms with Gasteiger partial charge >= 0.3 is 0 Å². The molecule has 6 nitrogen and oxygen atoms in total. The summed E-state index contributed by atoms with van der Waals surface area (Å²) in [6.07, 6.45) is 8.32. The number of fused-ring (bicyclic) bond motifs is 1. The second-order valence-corrected chi connectivity index (χ2v) is 8.93. The maximum atomic E-state index is 12.1. The van der Waals surface area contributed by atoms with Crippen molar-refractivity contribution < 1.29 is 4.21 Å². The number of halogens is 1. The van der Waals surface area contributed by atoms with Gasteiger partial charge in [-0.2, -0.15) is 0 Å². The minimum absolute atomic E-state index is 0. The average molecular weight is 495 g/mol. The highest BCUT2D eigenvalue weighted by Crippen LogP contribution is 2.23. The second kappa shape index (κ2) is 9.86. The number of rotatable bonds is 5. The van der Waals surface area contributed by atoms with E-state index in [0.29, 0.717) is 17.8 Å². The lowest BCUT2D eigenvalue weighted by atomic mass is 9.95. The van der Waals surface area contributed by atoms with Crippen LogP contribution in [0.1, 0.15) is 38.3 Å². The molecule has 25 heavy (non-hydrogen) atoms. The zero-order chi connectivity index (χ0) is 16.9. The van der Waals surface area contributed by atoms with Gasteiger partial charge in [0.25, 0.3) is 0 Å². The highest BCUT2D eigenvalue weighted by molar-refractivity contribution is 14.0. The van der Waals surface area contributed by atoms with Gasteiger partial charge in [-0.15, -0.1) is 35.3 Å². The number of thiazole rings is 1. The average Bonchev–Trinajstić information content (AvgIpc) is 3.19. The number of hydrogen-bond donors (Lipinski definition) is 2. The molecule has 0 spiro atoms. The van der Waals surface area contributed by atoms with Crippen LogP contribution in [0.2, 0.25) is 0 Å². The molecule has 2 aromatic heterocycles. The van der Waals surface area contributed by atoms with E-state index in [4.69, 9.17) is 0 Å². The van der Waals surface area contributed by atoms with Crippen LogP contribution in [0.3, 0.4) is 0 Å². The van der Waals surface area contributed by atoms with Gasteiger partial charge in [-0.25, -0.2) is 4.98 Å². The summed E-state index contributed by atoms with van der Waals surface area (Å²) in [4.78, 5) is 9.89. The quantitative estimate of drug-likeness (QED) is 0.380. The third kappa shape index (κ3) is 5.40. The molecular weight excluding hydrogens is 469 g/mol. The molecule has 3 unspecified atom stereocenters. The minimum atomic E-state index is -0.701. The first-order chi connectivity index (χ1) is 11.7. The Morgan fingerprint density at radius 3 is 3.08 bits per heavy atom. The monoisotopic (exact) mass is 495 g/mol. The molecule has 9 heteroatoms. The molecule has 1 aliphatic rings. The molecule has 1 aliphatic carbocycles. The van der Waals surface area contributed by atoms with E-state index in [1.165, 1.54) is 0 Å². The first kappa shape index (κ1) is 20.6. The summed E-state index contributed by atoms with van der Waals surface area (Å²) in [5.41, 5.74) is 0.999. The number of nitrogens with zero attached hydrogens (tertiary/aromatic N) is 3. The maximum Gasteiger partial charge on any atom is 0.193 e. The van der Waals surface area contributed by atoms with Crippen molar-refractivity contribution in [1.29, 1.82) is 0 Å². The Balaban J connectivity index is 0.00000225. The van der Waals surface area contributed by atoms with E-state index in [-0.39, 0.29) is 24.0 Å². The lowest BCUT2D eigenvalue weighted by Crippen LogP contribution is -2.46. The van der Waals surface area contributed by atoms with Crippen LogP contribution < -0.4 is 10.6 Å². The lowest BCUT2D eigenvalue weighted by Gasteiger charge is -2.30. The summed E-state index contributed by atoms with van der Waals surface area (Å²) in [5, 5.41) is 9.16. The Morgan fingerprint density at radius 1 is 1.52 bits per heavy atom. The first-order valence-electron chi connectivity index (χ1n) is 8.45. The smallest absolute Gasteiger partial charge is 0.193 e. The molecule has 0 saturated heterocycles. The van der Waals surface area contributed by atoms with Crippen molar-refractivity contribution in [1.82, 2.24) is 20.0 Å². The van der Waals surface area contributed by atoms with Crippen molar-refractivity contribution in [3.63, 3.8) is 0 Å². The van der Waals surface area contributed by atoms with Crippen LogP contribution in [-0.2, 0) is 17.3 Å². The van der Waals surface area contributed by atoms with Gasteiger partial charge in [0.2, 0.25) is 0 Å². The Labute approximate surface area is 172 Å². The molecule has 0 bridgehead atoms. The standard InChI is InChI=1S/C16H25N5OS2.HI/c1-3-24(22)14-6-4-5-12(9-14)19-15(17-2)18-10-13-11-21-7-8-23-16(21)20-13;/h7-8,11-12,14H,3-6,9-10H2,1-2H3,(H2,17,18,19);1H. The summed E-state index contributed by atoms with van der Waals surface area (Å²) in [7, 11) is 1.08. The third-order valence-electron chi connectivity index (χ3n) is 4.43. The number of hydrogen-bond acceptors (Lipinski definition) is 4. The van der Waals surface area contributed by atoms with E-state index in [1.807, 2.05) is 29.1 Å².